The molecule has 2 fully saturated rings. The highest BCUT2D eigenvalue weighted by molar-refractivity contribution is 5.30. The van der Waals surface area contributed by atoms with Crippen LogP contribution in [0, 0.1) is 17.8 Å². The van der Waals surface area contributed by atoms with Crippen LogP contribution in [0.4, 0.5) is 30.7 Å². The van der Waals surface area contributed by atoms with Crippen LogP contribution in [0.5, 0.6) is 0 Å². The fraction of sp³-hybridized carbons (Fsp3) is 0.643. The first-order valence-electron chi connectivity index (χ1n) is 13.1. The highest BCUT2D eigenvalue weighted by Gasteiger charge is 2.50. The average molecular weight is 535 g/mol. The third-order valence-corrected chi connectivity index (χ3v) is 8.31. The topological polar surface area (TPSA) is 18.5 Å². The summed E-state index contributed by atoms with van der Waals surface area (Å²) in [6, 6.07) is 5.74. The molecule has 0 amide bonds. The van der Waals surface area contributed by atoms with Gasteiger partial charge in [-0.05, 0) is 98.1 Å². The standard InChI is InChI=1S/C28H33F7O2/c1-2-18-3-5-19(6-4-18)20-7-9-21(10-8-20)22-11-13-23(14-12-22)27(31,32)36-24-15-16-26(30,25(29)17-24)37-28(33,34)35/h11-21,25H,2-10H2,1H3. The largest absolute Gasteiger partial charge is 0.525 e. The van der Waals surface area contributed by atoms with Crippen LogP contribution in [0.25, 0.3) is 0 Å². The van der Waals surface area contributed by atoms with Crippen LogP contribution in [0.15, 0.2) is 48.3 Å². The molecule has 0 aliphatic heterocycles. The third kappa shape index (κ3) is 6.89. The number of ether oxygens (including phenoxy) is 2. The molecule has 4 rings (SSSR count). The lowest BCUT2D eigenvalue weighted by Crippen LogP contribution is -2.41. The number of alkyl halides is 7. The van der Waals surface area contributed by atoms with Crippen molar-refractivity contribution in [2.45, 2.75) is 95.1 Å². The van der Waals surface area contributed by atoms with Crippen LogP contribution in [-0.2, 0) is 15.6 Å². The Labute approximate surface area is 212 Å². The van der Waals surface area contributed by atoms with Gasteiger partial charge in [0.25, 0.3) is 5.85 Å². The fourth-order valence-corrected chi connectivity index (χ4v) is 6.08. The molecule has 1 aromatic rings. The Balaban J connectivity index is 1.32. The summed E-state index contributed by atoms with van der Waals surface area (Å²) >= 11 is 0. The van der Waals surface area contributed by atoms with Gasteiger partial charge in [0.2, 0.25) is 0 Å². The molecule has 3 aliphatic carbocycles. The van der Waals surface area contributed by atoms with Crippen LogP contribution in [0.1, 0.15) is 81.8 Å². The van der Waals surface area contributed by atoms with Crippen LogP contribution in [0.2, 0.25) is 0 Å². The summed E-state index contributed by atoms with van der Waals surface area (Å²) in [4.78, 5) is 0. The Morgan fingerprint density at radius 1 is 0.865 bits per heavy atom. The van der Waals surface area contributed by atoms with E-state index < -0.39 is 35.8 Å². The molecule has 2 atom stereocenters. The molecule has 37 heavy (non-hydrogen) atoms. The number of rotatable bonds is 7. The molecule has 0 spiro atoms. The first-order valence-corrected chi connectivity index (χ1v) is 13.1. The maximum Gasteiger partial charge on any atom is 0.525 e. The van der Waals surface area contributed by atoms with Gasteiger partial charge in [-0.1, -0.05) is 38.3 Å². The quantitative estimate of drug-likeness (QED) is 0.325. The minimum atomic E-state index is -5.45. The van der Waals surface area contributed by atoms with Gasteiger partial charge in [-0.25, -0.2) is 13.5 Å². The summed E-state index contributed by atoms with van der Waals surface area (Å²) in [6.45, 7) is 2.26. The smallest absolute Gasteiger partial charge is 0.429 e. The maximum atomic E-state index is 14.7. The Hall–Kier alpha value is -2.03. The lowest BCUT2D eigenvalue weighted by molar-refractivity contribution is -0.388. The zero-order chi connectivity index (χ0) is 26.8. The number of hydrogen-bond donors (Lipinski definition) is 0. The molecule has 2 saturated carbocycles. The van der Waals surface area contributed by atoms with Crippen molar-refractivity contribution in [3.63, 3.8) is 0 Å². The number of halogens is 7. The average Bonchev–Trinajstić information content (AvgIpc) is 2.86. The van der Waals surface area contributed by atoms with E-state index in [1.54, 1.807) is 12.1 Å². The first kappa shape index (κ1) is 28.0. The molecule has 9 heteroatoms. The van der Waals surface area contributed by atoms with Crippen molar-refractivity contribution in [1.29, 1.82) is 0 Å². The number of hydrogen-bond acceptors (Lipinski definition) is 2. The summed E-state index contributed by atoms with van der Waals surface area (Å²) in [6.07, 6.45) is -0.690. The number of allylic oxidation sites excluding steroid dienone is 1. The van der Waals surface area contributed by atoms with E-state index in [1.807, 2.05) is 0 Å². The van der Waals surface area contributed by atoms with Crippen molar-refractivity contribution in [2.24, 2.45) is 17.8 Å². The fourth-order valence-electron chi connectivity index (χ4n) is 6.08. The SMILES string of the molecule is CCC1CCC(C2CCC(c3ccc(C(F)(F)OC4=CC(F)C(F)(OC(F)(F)F)C=C4)cc3)CC2)CC1. The molecule has 2 unspecified atom stereocenters. The molecule has 3 aliphatic rings. The van der Waals surface area contributed by atoms with E-state index in [0.29, 0.717) is 12.0 Å². The molecule has 0 saturated heterocycles. The molecule has 0 heterocycles. The second-order valence-corrected chi connectivity index (χ2v) is 10.6. The molecule has 1 aromatic carbocycles. The van der Waals surface area contributed by atoms with Crippen molar-refractivity contribution < 1.29 is 40.2 Å². The van der Waals surface area contributed by atoms with Crippen LogP contribution in [0.3, 0.4) is 0 Å². The second kappa shape index (κ2) is 11.0. The zero-order valence-electron chi connectivity index (χ0n) is 20.8. The van der Waals surface area contributed by atoms with E-state index in [1.165, 1.54) is 44.2 Å². The van der Waals surface area contributed by atoms with E-state index >= 15 is 0 Å². The molecule has 2 nitrogen and oxygen atoms in total. The minimum absolute atomic E-state index is 0.0749. The van der Waals surface area contributed by atoms with Gasteiger partial charge >= 0.3 is 12.5 Å². The Kier molecular flexibility index (Phi) is 8.31. The van der Waals surface area contributed by atoms with Gasteiger partial charge in [0.1, 0.15) is 5.76 Å². The Morgan fingerprint density at radius 2 is 1.43 bits per heavy atom. The summed E-state index contributed by atoms with van der Waals surface area (Å²) < 4.78 is 102. The van der Waals surface area contributed by atoms with E-state index in [9.17, 15) is 30.7 Å². The predicted octanol–water partition coefficient (Wildman–Crippen LogP) is 9.24. The van der Waals surface area contributed by atoms with Crippen molar-refractivity contribution >= 4 is 0 Å². The van der Waals surface area contributed by atoms with Gasteiger partial charge in [-0.15, -0.1) is 13.2 Å². The highest BCUT2D eigenvalue weighted by atomic mass is 19.4. The molecule has 0 N–H and O–H groups in total. The van der Waals surface area contributed by atoms with Gasteiger partial charge in [-0.2, -0.15) is 8.78 Å². The van der Waals surface area contributed by atoms with Crippen molar-refractivity contribution in [1.82, 2.24) is 0 Å². The normalized spacial score (nSPS) is 33.2. The van der Waals surface area contributed by atoms with E-state index in [4.69, 9.17) is 0 Å². The van der Waals surface area contributed by atoms with Crippen LogP contribution < -0.4 is 0 Å². The van der Waals surface area contributed by atoms with Crippen LogP contribution >= 0.6 is 0 Å². The lowest BCUT2D eigenvalue weighted by Gasteiger charge is -2.38. The summed E-state index contributed by atoms with van der Waals surface area (Å²) in [5.41, 5.74) is 0.478. The van der Waals surface area contributed by atoms with Gasteiger partial charge < -0.3 is 4.74 Å². The molecular formula is C28H33F7O2. The first-order chi connectivity index (χ1) is 17.4. The molecular weight excluding hydrogens is 501 g/mol. The van der Waals surface area contributed by atoms with Gasteiger partial charge in [0.15, 0.2) is 6.17 Å². The Morgan fingerprint density at radius 3 is 1.95 bits per heavy atom. The summed E-state index contributed by atoms with van der Waals surface area (Å²) in [5.74, 6) is -1.93. The van der Waals surface area contributed by atoms with Gasteiger partial charge in [0, 0.05) is 0 Å². The van der Waals surface area contributed by atoms with E-state index in [-0.39, 0.29) is 12.2 Å². The van der Waals surface area contributed by atoms with Crippen molar-refractivity contribution in [2.75, 3.05) is 0 Å². The monoisotopic (exact) mass is 534 g/mol. The second-order valence-electron chi connectivity index (χ2n) is 10.6. The summed E-state index contributed by atoms with van der Waals surface area (Å²) in [5, 5.41) is 0. The van der Waals surface area contributed by atoms with E-state index in [2.05, 4.69) is 16.4 Å². The van der Waals surface area contributed by atoms with Crippen LogP contribution in [-0.4, -0.2) is 18.4 Å². The van der Waals surface area contributed by atoms with Gasteiger partial charge in [-0.3, -0.25) is 0 Å². The maximum absolute atomic E-state index is 14.7. The lowest BCUT2D eigenvalue weighted by atomic mass is 9.68. The van der Waals surface area contributed by atoms with Crippen molar-refractivity contribution in [3.8, 4) is 0 Å². The third-order valence-electron chi connectivity index (χ3n) is 8.31. The molecule has 0 radical (unpaired) electrons. The summed E-state index contributed by atoms with van der Waals surface area (Å²) in [7, 11) is 0. The van der Waals surface area contributed by atoms with Gasteiger partial charge in [0.05, 0.1) is 5.56 Å². The molecule has 0 aromatic heterocycles. The molecule has 0 bridgehead atoms. The predicted molar refractivity (Wildman–Crippen MR) is 125 cm³/mol. The highest BCUT2D eigenvalue weighted by Crippen LogP contribution is 2.45. The van der Waals surface area contributed by atoms with Crippen molar-refractivity contribution in [3.05, 3.63) is 59.4 Å². The zero-order valence-corrected chi connectivity index (χ0v) is 20.8. The Bertz CT molecular complexity index is 956. The minimum Gasteiger partial charge on any atom is -0.429 e. The number of benzene rings is 1. The van der Waals surface area contributed by atoms with E-state index in [0.717, 1.165) is 49.0 Å². The molecule has 206 valence electrons.